The Bertz CT molecular complexity index is 380. The first kappa shape index (κ1) is 29.4. The molecule has 1 aliphatic rings. The van der Waals surface area contributed by atoms with Crippen LogP contribution in [-0.2, 0) is 0 Å². The number of unbranched alkanes of at least 4 members (excludes halogenated alkanes) is 18. The number of hydrogen-bond donors (Lipinski definition) is 0. The SMILES string of the molecule is CCCCCCCCCCCC1N(CCCCCCCC)C=CN1CCCCCCCC. The van der Waals surface area contributed by atoms with E-state index < -0.39 is 0 Å². The molecule has 0 atom stereocenters. The molecule has 0 radical (unpaired) electrons. The fourth-order valence-corrected chi connectivity index (χ4v) is 5.13. The Balaban J connectivity index is 2.27. The standard InChI is InChI=1S/C30H60N2/c1-4-7-10-13-16-17-18-19-22-25-30-31(26-23-20-14-11-8-5-2)28-29-32(30)27-24-21-15-12-9-6-3/h28-30H,4-27H2,1-3H3. The third-order valence-electron chi connectivity index (χ3n) is 7.32. The summed E-state index contributed by atoms with van der Waals surface area (Å²) in [6.07, 6.45) is 36.5. The number of nitrogens with zero attached hydrogens (tertiary/aromatic N) is 2. The van der Waals surface area contributed by atoms with Crippen LogP contribution in [0.4, 0.5) is 0 Å². The van der Waals surface area contributed by atoms with E-state index in [0.717, 1.165) is 0 Å². The average molecular weight is 449 g/mol. The van der Waals surface area contributed by atoms with E-state index in [9.17, 15) is 0 Å². The minimum absolute atomic E-state index is 0.644. The number of hydrogen-bond acceptors (Lipinski definition) is 2. The van der Waals surface area contributed by atoms with Crippen LogP contribution in [0.15, 0.2) is 12.4 Å². The van der Waals surface area contributed by atoms with Crippen molar-refractivity contribution >= 4 is 0 Å². The van der Waals surface area contributed by atoms with Gasteiger partial charge in [-0.25, -0.2) is 0 Å². The second kappa shape index (κ2) is 22.1. The third kappa shape index (κ3) is 15.2. The Morgan fingerprint density at radius 2 is 0.719 bits per heavy atom. The molecule has 0 aromatic rings. The van der Waals surface area contributed by atoms with Crippen LogP contribution in [0.25, 0.3) is 0 Å². The summed E-state index contributed by atoms with van der Waals surface area (Å²) in [6, 6.07) is 0. The van der Waals surface area contributed by atoms with Crippen molar-refractivity contribution in [2.75, 3.05) is 13.1 Å². The summed E-state index contributed by atoms with van der Waals surface area (Å²) >= 11 is 0. The monoisotopic (exact) mass is 448 g/mol. The summed E-state index contributed by atoms with van der Waals surface area (Å²) in [4.78, 5) is 5.36. The molecule has 0 saturated heterocycles. The highest BCUT2D eigenvalue weighted by Crippen LogP contribution is 2.24. The third-order valence-corrected chi connectivity index (χ3v) is 7.32. The topological polar surface area (TPSA) is 6.48 Å². The van der Waals surface area contributed by atoms with E-state index in [1.54, 1.807) is 0 Å². The molecule has 0 aliphatic carbocycles. The molecule has 0 bridgehead atoms. The molecule has 0 saturated carbocycles. The zero-order chi connectivity index (χ0) is 23.1. The van der Waals surface area contributed by atoms with Gasteiger partial charge in [-0.15, -0.1) is 0 Å². The van der Waals surface area contributed by atoms with Crippen LogP contribution >= 0.6 is 0 Å². The minimum atomic E-state index is 0.644. The maximum absolute atomic E-state index is 2.68. The summed E-state index contributed by atoms with van der Waals surface area (Å²) in [7, 11) is 0. The van der Waals surface area contributed by atoms with Crippen LogP contribution in [0, 0.1) is 0 Å². The summed E-state index contributed by atoms with van der Waals surface area (Å²) in [5, 5.41) is 0. The fourth-order valence-electron chi connectivity index (χ4n) is 5.13. The lowest BCUT2D eigenvalue weighted by molar-refractivity contribution is 0.135. The highest BCUT2D eigenvalue weighted by Gasteiger charge is 2.24. The van der Waals surface area contributed by atoms with Gasteiger partial charge in [0.05, 0.1) is 0 Å². The van der Waals surface area contributed by atoms with Crippen molar-refractivity contribution < 1.29 is 0 Å². The van der Waals surface area contributed by atoms with Gasteiger partial charge in [-0.2, -0.15) is 0 Å². The molecule has 1 heterocycles. The van der Waals surface area contributed by atoms with E-state index in [2.05, 4.69) is 43.0 Å². The van der Waals surface area contributed by atoms with Crippen LogP contribution in [-0.4, -0.2) is 29.1 Å². The second-order valence-electron chi connectivity index (χ2n) is 10.4. The summed E-state index contributed by atoms with van der Waals surface area (Å²) in [6.45, 7) is 9.45. The zero-order valence-corrected chi connectivity index (χ0v) is 22.6. The lowest BCUT2D eigenvalue weighted by atomic mass is 10.1. The zero-order valence-electron chi connectivity index (χ0n) is 22.6. The summed E-state index contributed by atoms with van der Waals surface area (Å²) in [5.74, 6) is 0. The molecule has 0 N–H and O–H groups in total. The van der Waals surface area contributed by atoms with E-state index in [1.165, 1.54) is 154 Å². The highest BCUT2D eigenvalue weighted by atomic mass is 15.4. The van der Waals surface area contributed by atoms with Crippen LogP contribution in [0.1, 0.15) is 162 Å². The van der Waals surface area contributed by atoms with Crippen molar-refractivity contribution in [1.82, 2.24) is 9.80 Å². The molecule has 1 rings (SSSR count). The van der Waals surface area contributed by atoms with Crippen molar-refractivity contribution in [3.63, 3.8) is 0 Å². The molecular formula is C30H60N2. The van der Waals surface area contributed by atoms with Gasteiger partial charge in [-0.1, -0.05) is 136 Å². The van der Waals surface area contributed by atoms with Gasteiger partial charge in [0.15, 0.2) is 0 Å². The molecule has 2 heteroatoms. The Kier molecular flexibility index (Phi) is 20.3. The van der Waals surface area contributed by atoms with Gasteiger partial charge in [0.1, 0.15) is 6.17 Å². The molecule has 2 nitrogen and oxygen atoms in total. The van der Waals surface area contributed by atoms with E-state index in [1.807, 2.05) is 0 Å². The Labute approximate surface area is 203 Å². The molecule has 1 aliphatic heterocycles. The van der Waals surface area contributed by atoms with E-state index >= 15 is 0 Å². The van der Waals surface area contributed by atoms with Crippen molar-refractivity contribution in [3.05, 3.63) is 12.4 Å². The van der Waals surface area contributed by atoms with Gasteiger partial charge in [0.25, 0.3) is 0 Å². The number of rotatable bonds is 24. The van der Waals surface area contributed by atoms with E-state index in [4.69, 9.17) is 0 Å². The maximum atomic E-state index is 2.68. The first-order valence-electron chi connectivity index (χ1n) is 15.0. The maximum Gasteiger partial charge on any atom is 0.101 e. The summed E-state index contributed by atoms with van der Waals surface area (Å²) < 4.78 is 0. The molecule has 0 fully saturated rings. The quantitative estimate of drug-likeness (QED) is 0.135. The molecule has 0 amide bonds. The Hall–Kier alpha value is -0.660. The lowest BCUT2D eigenvalue weighted by Gasteiger charge is -2.33. The van der Waals surface area contributed by atoms with Gasteiger partial charge in [0.2, 0.25) is 0 Å². The molecule has 0 spiro atoms. The minimum Gasteiger partial charge on any atom is -0.356 e. The van der Waals surface area contributed by atoms with Crippen molar-refractivity contribution in [2.45, 2.75) is 168 Å². The first-order valence-corrected chi connectivity index (χ1v) is 15.0. The molecule has 32 heavy (non-hydrogen) atoms. The lowest BCUT2D eigenvalue weighted by Crippen LogP contribution is -2.39. The normalized spacial score (nSPS) is 14.2. The largest absolute Gasteiger partial charge is 0.356 e. The molecule has 190 valence electrons. The van der Waals surface area contributed by atoms with Gasteiger partial charge < -0.3 is 9.80 Å². The molecular weight excluding hydrogens is 388 g/mol. The van der Waals surface area contributed by atoms with Crippen molar-refractivity contribution in [3.8, 4) is 0 Å². The van der Waals surface area contributed by atoms with Crippen LogP contribution in [0.5, 0.6) is 0 Å². The van der Waals surface area contributed by atoms with Gasteiger partial charge in [0, 0.05) is 25.5 Å². The fraction of sp³-hybridized carbons (Fsp3) is 0.933. The average Bonchev–Trinajstić information content (AvgIpc) is 3.18. The predicted molar refractivity (Wildman–Crippen MR) is 145 cm³/mol. The van der Waals surface area contributed by atoms with Gasteiger partial charge in [-0.3, -0.25) is 0 Å². The first-order chi connectivity index (χ1) is 15.8. The van der Waals surface area contributed by atoms with Crippen molar-refractivity contribution in [2.24, 2.45) is 0 Å². The van der Waals surface area contributed by atoms with E-state index in [-0.39, 0.29) is 0 Å². The summed E-state index contributed by atoms with van der Waals surface area (Å²) in [5.41, 5.74) is 0. The highest BCUT2D eigenvalue weighted by molar-refractivity contribution is 4.97. The van der Waals surface area contributed by atoms with Gasteiger partial charge in [-0.05, 0) is 25.7 Å². The molecule has 0 aromatic carbocycles. The molecule has 0 aromatic heterocycles. The van der Waals surface area contributed by atoms with Crippen molar-refractivity contribution in [1.29, 1.82) is 0 Å². The van der Waals surface area contributed by atoms with Crippen LogP contribution < -0.4 is 0 Å². The van der Waals surface area contributed by atoms with Gasteiger partial charge >= 0.3 is 0 Å². The van der Waals surface area contributed by atoms with Crippen LogP contribution in [0.3, 0.4) is 0 Å². The Morgan fingerprint density at radius 3 is 1.09 bits per heavy atom. The second-order valence-corrected chi connectivity index (χ2v) is 10.4. The Morgan fingerprint density at radius 1 is 0.406 bits per heavy atom. The smallest absolute Gasteiger partial charge is 0.101 e. The van der Waals surface area contributed by atoms with E-state index in [0.29, 0.717) is 6.17 Å². The predicted octanol–water partition coefficient (Wildman–Crippen LogP) is 10.0. The molecule has 0 unspecified atom stereocenters. The van der Waals surface area contributed by atoms with Crippen LogP contribution in [0.2, 0.25) is 0 Å².